The second-order valence-electron chi connectivity index (χ2n) is 3.17. The monoisotopic (exact) mass is 325 g/mol. The summed E-state index contributed by atoms with van der Waals surface area (Å²) in [5, 5.41) is 17.4. The maximum atomic E-state index is 10.6. The Morgan fingerprint density at radius 1 is 0.923 bits per heavy atom. The Labute approximate surface area is 117 Å². The van der Waals surface area contributed by atoms with Gasteiger partial charge in [-0.1, -0.05) is 12.8 Å². The zero-order valence-corrected chi connectivity index (χ0v) is 9.50. The molecule has 1 rings (SSSR count). The molecule has 1 fully saturated rings. The molecule has 2 N–H and O–H groups in total. The molecular weight excluding hydrogens is 312 g/mol. The van der Waals surface area contributed by atoms with Crippen molar-refractivity contribution in [1.82, 2.24) is 0 Å². The Balaban J connectivity index is 0.00000144. The van der Waals surface area contributed by atoms with Crippen LogP contribution in [0.2, 0.25) is 0 Å². The van der Waals surface area contributed by atoms with Gasteiger partial charge in [0.25, 0.3) is 0 Å². The van der Waals surface area contributed by atoms with Gasteiger partial charge < -0.3 is 10.2 Å². The van der Waals surface area contributed by atoms with Gasteiger partial charge in [-0.25, -0.2) is 0 Å². The second kappa shape index (κ2) is 6.09. The fourth-order valence-corrected chi connectivity index (χ4v) is 1.72. The second-order valence-corrected chi connectivity index (χ2v) is 3.17. The predicted octanol–water partition coefficient (Wildman–Crippen LogP) is 0.962. The van der Waals surface area contributed by atoms with Crippen LogP contribution in [0.1, 0.15) is 25.7 Å². The first-order valence-corrected chi connectivity index (χ1v) is 4.08. The van der Waals surface area contributed by atoms with Crippen molar-refractivity contribution in [2.45, 2.75) is 25.7 Å². The van der Waals surface area contributed by atoms with Crippen molar-refractivity contribution in [3.05, 3.63) is 0 Å². The van der Waals surface area contributed by atoms with E-state index in [0.717, 1.165) is 12.8 Å². The van der Waals surface area contributed by atoms with Crippen molar-refractivity contribution in [3.8, 4) is 0 Å². The summed E-state index contributed by atoms with van der Waals surface area (Å²) in [6, 6.07) is 0. The van der Waals surface area contributed by atoms with Gasteiger partial charge in [0.15, 0.2) is 0 Å². The molecule has 1 aliphatic carbocycles. The van der Waals surface area contributed by atoms with Crippen molar-refractivity contribution in [2.24, 2.45) is 11.8 Å². The SMILES string of the molecule is O=C(O)C1CCCCC1C(=O)O.[Eu]. The fraction of sp³-hybridized carbons (Fsp3) is 0.750. The van der Waals surface area contributed by atoms with Crippen LogP contribution in [0.5, 0.6) is 0 Å². The molecular formula is C8H12EuO4. The maximum Gasteiger partial charge on any atom is 0.307 e. The Morgan fingerprint density at radius 2 is 1.23 bits per heavy atom. The Hall–Kier alpha value is 0.524. The molecule has 1 saturated carbocycles. The molecule has 4 nitrogen and oxygen atoms in total. The Kier molecular flexibility index (Phi) is 6.34. The summed E-state index contributed by atoms with van der Waals surface area (Å²) < 4.78 is 0. The van der Waals surface area contributed by atoms with Crippen molar-refractivity contribution < 1.29 is 69.2 Å². The first-order chi connectivity index (χ1) is 5.63. The van der Waals surface area contributed by atoms with Crippen LogP contribution in [0.4, 0.5) is 0 Å². The molecule has 0 saturated heterocycles. The minimum absolute atomic E-state index is 0. The van der Waals surface area contributed by atoms with Gasteiger partial charge >= 0.3 is 11.9 Å². The van der Waals surface area contributed by atoms with Gasteiger partial charge in [-0.3, -0.25) is 9.59 Å². The molecule has 2 unspecified atom stereocenters. The van der Waals surface area contributed by atoms with Crippen LogP contribution in [0.25, 0.3) is 0 Å². The van der Waals surface area contributed by atoms with E-state index < -0.39 is 23.8 Å². The molecule has 5 heteroatoms. The third kappa shape index (κ3) is 3.64. The largest absolute Gasteiger partial charge is 0.481 e. The molecule has 0 spiro atoms. The number of carboxylic acid groups (broad SMARTS) is 2. The van der Waals surface area contributed by atoms with E-state index in [9.17, 15) is 9.59 Å². The average molecular weight is 324 g/mol. The predicted molar refractivity (Wildman–Crippen MR) is 40.7 cm³/mol. The van der Waals surface area contributed by atoms with Crippen LogP contribution in [0.3, 0.4) is 0 Å². The first-order valence-electron chi connectivity index (χ1n) is 4.08. The van der Waals surface area contributed by atoms with Gasteiger partial charge in [-0.05, 0) is 12.8 Å². The molecule has 0 aromatic heterocycles. The van der Waals surface area contributed by atoms with Crippen molar-refractivity contribution in [1.29, 1.82) is 0 Å². The van der Waals surface area contributed by atoms with E-state index in [1.54, 1.807) is 0 Å². The quantitative estimate of drug-likeness (QED) is 0.793. The van der Waals surface area contributed by atoms with Gasteiger partial charge in [0.1, 0.15) is 0 Å². The number of rotatable bonds is 2. The minimum atomic E-state index is -0.970. The normalized spacial score (nSPS) is 27.4. The van der Waals surface area contributed by atoms with Crippen LogP contribution in [0, 0.1) is 61.2 Å². The third-order valence-electron chi connectivity index (χ3n) is 2.40. The zero-order chi connectivity index (χ0) is 9.14. The van der Waals surface area contributed by atoms with Crippen molar-refractivity contribution in [3.63, 3.8) is 0 Å². The number of carboxylic acids is 2. The van der Waals surface area contributed by atoms with Gasteiger partial charge in [0.2, 0.25) is 0 Å². The van der Waals surface area contributed by atoms with E-state index in [4.69, 9.17) is 10.2 Å². The molecule has 75 valence electrons. The van der Waals surface area contributed by atoms with Crippen LogP contribution in [0.15, 0.2) is 0 Å². The first kappa shape index (κ1) is 13.5. The summed E-state index contributed by atoms with van der Waals surface area (Å²) in [6.45, 7) is 0. The van der Waals surface area contributed by atoms with Gasteiger partial charge in [-0.2, -0.15) is 0 Å². The van der Waals surface area contributed by atoms with Crippen LogP contribution < -0.4 is 0 Å². The summed E-state index contributed by atoms with van der Waals surface area (Å²) >= 11 is 0. The Bertz CT molecular complexity index is 182. The third-order valence-corrected chi connectivity index (χ3v) is 2.40. The van der Waals surface area contributed by atoms with Crippen molar-refractivity contribution >= 4 is 11.9 Å². The summed E-state index contributed by atoms with van der Waals surface area (Å²) in [5.74, 6) is -3.28. The van der Waals surface area contributed by atoms with E-state index in [1.807, 2.05) is 0 Å². The molecule has 0 aromatic carbocycles. The topological polar surface area (TPSA) is 74.6 Å². The van der Waals surface area contributed by atoms with Gasteiger partial charge in [0, 0.05) is 49.4 Å². The number of hydrogen-bond acceptors (Lipinski definition) is 2. The minimum Gasteiger partial charge on any atom is -0.481 e. The molecule has 0 aliphatic heterocycles. The number of aliphatic carboxylic acids is 2. The molecule has 1 aliphatic rings. The zero-order valence-electron chi connectivity index (χ0n) is 7.07. The number of carbonyl (C=O) groups is 2. The summed E-state index contributed by atoms with van der Waals surface area (Å²) in [4.78, 5) is 21.2. The van der Waals surface area contributed by atoms with E-state index in [0.29, 0.717) is 12.8 Å². The average Bonchev–Trinajstić information content (AvgIpc) is 2.04. The van der Waals surface area contributed by atoms with Gasteiger partial charge in [-0.15, -0.1) is 0 Å². The van der Waals surface area contributed by atoms with E-state index >= 15 is 0 Å². The summed E-state index contributed by atoms with van der Waals surface area (Å²) in [6.07, 6.45) is 2.68. The molecule has 13 heavy (non-hydrogen) atoms. The molecule has 1 radical (unpaired) electrons. The summed E-state index contributed by atoms with van der Waals surface area (Å²) in [5.41, 5.74) is 0. The molecule has 0 bridgehead atoms. The van der Waals surface area contributed by atoms with Crippen molar-refractivity contribution in [2.75, 3.05) is 0 Å². The number of hydrogen-bond donors (Lipinski definition) is 2. The molecule has 0 amide bonds. The van der Waals surface area contributed by atoms with Gasteiger partial charge in [0.05, 0.1) is 11.8 Å². The van der Waals surface area contributed by atoms with Crippen LogP contribution in [-0.2, 0) is 9.59 Å². The van der Waals surface area contributed by atoms with E-state index in [1.165, 1.54) is 0 Å². The molecule has 2 atom stereocenters. The Morgan fingerprint density at radius 3 is 1.46 bits per heavy atom. The van der Waals surface area contributed by atoms with Crippen LogP contribution >= 0.6 is 0 Å². The fourth-order valence-electron chi connectivity index (χ4n) is 1.72. The smallest absolute Gasteiger partial charge is 0.307 e. The molecule has 0 aromatic rings. The van der Waals surface area contributed by atoms with E-state index in [2.05, 4.69) is 0 Å². The van der Waals surface area contributed by atoms with E-state index in [-0.39, 0.29) is 49.4 Å². The standard InChI is InChI=1S/C8H12O4.Eu/c9-7(10)5-3-1-2-4-6(5)8(11)12;/h5-6H,1-4H2,(H,9,10)(H,11,12);. The summed E-state index contributed by atoms with van der Waals surface area (Å²) in [7, 11) is 0. The molecule has 0 heterocycles. The maximum absolute atomic E-state index is 10.6. The van der Waals surface area contributed by atoms with Crippen LogP contribution in [-0.4, -0.2) is 22.2 Å².